The van der Waals surface area contributed by atoms with Gasteiger partial charge in [0, 0.05) is 5.92 Å². The number of aliphatic hydroxyl groups excluding tert-OH is 7. The maximum Gasteiger partial charge on any atom is 0.184 e. The van der Waals surface area contributed by atoms with E-state index in [0.717, 1.165) is 0 Å². The molecular formula is C13H24O10. The zero-order chi connectivity index (χ0) is 17.3. The molecule has 2 saturated heterocycles. The molecule has 0 radical (unpaired) electrons. The van der Waals surface area contributed by atoms with Gasteiger partial charge in [-0.1, -0.05) is 6.92 Å². The number of aliphatic hydroxyl groups is 7. The predicted molar refractivity (Wildman–Crippen MR) is 71.8 cm³/mol. The third-order valence-electron chi connectivity index (χ3n) is 4.36. The van der Waals surface area contributed by atoms with Crippen LogP contribution in [0.15, 0.2) is 0 Å². The van der Waals surface area contributed by atoms with Crippen molar-refractivity contribution < 1.29 is 50.0 Å². The third-order valence-corrected chi connectivity index (χ3v) is 4.36. The summed E-state index contributed by atoms with van der Waals surface area (Å²) in [5.41, 5.74) is 0. The van der Waals surface area contributed by atoms with Gasteiger partial charge in [-0.25, -0.2) is 0 Å². The maximum atomic E-state index is 10.1. The van der Waals surface area contributed by atoms with Crippen LogP contribution in [0, 0.1) is 5.92 Å². The van der Waals surface area contributed by atoms with E-state index in [2.05, 4.69) is 0 Å². The molecule has 0 amide bonds. The molecule has 136 valence electrons. The average molecular weight is 340 g/mol. The minimum atomic E-state index is -1.69. The van der Waals surface area contributed by atoms with E-state index in [9.17, 15) is 35.7 Å². The highest BCUT2D eigenvalue weighted by Gasteiger charge is 2.49. The van der Waals surface area contributed by atoms with E-state index < -0.39 is 74.4 Å². The Balaban J connectivity index is 2.11. The molecule has 10 atom stereocenters. The molecule has 2 fully saturated rings. The summed E-state index contributed by atoms with van der Waals surface area (Å²) in [4.78, 5) is 0. The van der Waals surface area contributed by atoms with Crippen LogP contribution in [0.2, 0.25) is 0 Å². The van der Waals surface area contributed by atoms with Gasteiger partial charge in [0.1, 0.15) is 36.6 Å². The standard InChI is InChI=1S/C13H24O10/c1-4-7(16)5(2-14)22-13(8(4)17)23-11-6(3-15)21-12(20)10(19)9(11)18/h4-20H,2-3H2,1H3/t4-,5?,6?,7+,8?,9+,10?,11+,12+,13-/m0/s1. The molecule has 10 nitrogen and oxygen atoms in total. The van der Waals surface area contributed by atoms with Gasteiger partial charge in [0.05, 0.1) is 19.3 Å². The quantitative estimate of drug-likeness (QED) is 0.267. The van der Waals surface area contributed by atoms with E-state index in [-0.39, 0.29) is 0 Å². The van der Waals surface area contributed by atoms with Crippen molar-refractivity contribution in [3.8, 4) is 0 Å². The van der Waals surface area contributed by atoms with Crippen molar-refractivity contribution in [2.75, 3.05) is 13.2 Å². The molecule has 23 heavy (non-hydrogen) atoms. The molecule has 0 aromatic carbocycles. The Morgan fingerprint density at radius 1 is 0.783 bits per heavy atom. The lowest BCUT2D eigenvalue weighted by molar-refractivity contribution is -0.350. The Kier molecular flexibility index (Phi) is 6.30. The fourth-order valence-electron chi connectivity index (χ4n) is 2.78. The lowest BCUT2D eigenvalue weighted by Gasteiger charge is -2.45. The molecule has 0 bridgehead atoms. The topological polar surface area (TPSA) is 169 Å². The molecule has 2 rings (SSSR count). The molecule has 2 aliphatic rings. The molecule has 4 unspecified atom stereocenters. The SMILES string of the molecule is C[C@@H]1C(O)[C@H](O[C@@H]2C(CO)O[C@@H](O)C(O)[C@H]2O)OC(CO)[C@@H]1O. The van der Waals surface area contributed by atoms with Crippen LogP contribution in [0.4, 0.5) is 0 Å². The average Bonchev–Trinajstić information content (AvgIpc) is 2.55. The minimum absolute atomic E-state index is 0.507. The highest BCUT2D eigenvalue weighted by molar-refractivity contribution is 4.92. The number of hydrogen-bond acceptors (Lipinski definition) is 10. The van der Waals surface area contributed by atoms with Crippen molar-refractivity contribution in [3.63, 3.8) is 0 Å². The van der Waals surface area contributed by atoms with Crippen molar-refractivity contribution in [1.29, 1.82) is 0 Å². The summed E-state index contributed by atoms with van der Waals surface area (Å²) in [5.74, 6) is -0.685. The second-order valence-corrected chi connectivity index (χ2v) is 5.90. The van der Waals surface area contributed by atoms with Crippen molar-refractivity contribution in [3.05, 3.63) is 0 Å². The van der Waals surface area contributed by atoms with E-state index in [1.54, 1.807) is 0 Å². The Morgan fingerprint density at radius 2 is 1.39 bits per heavy atom. The fourth-order valence-corrected chi connectivity index (χ4v) is 2.78. The molecular weight excluding hydrogens is 316 g/mol. The smallest absolute Gasteiger partial charge is 0.184 e. The third kappa shape index (κ3) is 3.66. The molecule has 0 aromatic heterocycles. The first kappa shape index (κ1) is 18.9. The second-order valence-electron chi connectivity index (χ2n) is 5.90. The van der Waals surface area contributed by atoms with Crippen LogP contribution in [-0.2, 0) is 14.2 Å². The molecule has 0 saturated carbocycles. The number of rotatable bonds is 4. The lowest BCUT2D eigenvalue weighted by atomic mass is 9.90. The molecule has 2 heterocycles. The van der Waals surface area contributed by atoms with E-state index in [0.29, 0.717) is 0 Å². The summed E-state index contributed by atoms with van der Waals surface area (Å²) in [7, 11) is 0. The van der Waals surface area contributed by atoms with Crippen LogP contribution in [0.3, 0.4) is 0 Å². The van der Waals surface area contributed by atoms with E-state index >= 15 is 0 Å². The fraction of sp³-hybridized carbons (Fsp3) is 1.00. The van der Waals surface area contributed by atoms with Gasteiger partial charge in [0.15, 0.2) is 12.6 Å². The molecule has 0 aromatic rings. The van der Waals surface area contributed by atoms with E-state index in [4.69, 9.17) is 14.2 Å². The van der Waals surface area contributed by atoms with Gasteiger partial charge in [-0.15, -0.1) is 0 Å². The van der Waals surface area contributed by atoms with Crippen molar-refractivity contribution >= 4 is 0 Å². The van der Waals surface area contributed by atoms with Crippen LogP contribution in [-0.4, -0.2) is 104 Å². The lowest BCUT2D eigenvalue weighted by Crippen LogP contribution is -2.63. The summed E-state index contributed by atoms with van der Waals surface area (Å²) in [6, 6.07) is 0. The molecule has 0 aliphatic carbocycles. The Hall–Kier alpha value is -0.400. The molecule has 7 N–H and O–H groups in total. The second kappa shape index (κ2) is 7.66. The van der Waals surface area contributed by atoms with Crippen LogP contribution >= 0.6 is 0 Å². The monoisotopic (exact) mass is 340 g/mol. The first-order valence-corrected chi connectivity index (χ1v) is 7.40. The van der Waals surface area contributed by atoms with Crippen LogP contribution < -0.4 is 0 Å². The van der Waals surface area contributed by atoms with Gasteiger partial charge in [-0.05, 0) is 0 Å². The number of ether oxygens (including phenoxy) is 3. The predicted octanol–water partition coefficient (Wildman–Crippen LogP) is -4.12. The van der Waals surface area contributed by atoms with Crippen LogP contribution in [0.5, 0.6) is 0 Å². The Labute approximate surface area is 132 Å². The first-order valence-electron chi connectivity index (χ1n) is 7.40. The van der Waals surface area contributed by atoms with Crippen LogP contribution in [0.1, 0.15) is 6.92 Å². The van der Waals surface area contributed by atoms with Gasteiger partial charge < -0.3 is 50.0 Å². The summed E-state index contributed by atoms with van der Waals surface area (Å²) in [6.07, 6.45) is -12.1. The first-order chi connectivity index (χ1) is 10.8. The molecule has 2 aliphatic heterocycles. The van der Waals surface area contributed by atoms with Crippen molar-refractivity contribution in [2.45, 2.75) is 62.2 Å². The molecule has 0 spiro atoms. The summed E-state index contributed by atoms with van der Waals surface area (Å²) < 4.78 is 15.6. The summed E-state index contributed by atoms with van der Waals surface area (Å²) >= 11 is 0. The van der Waals surface area contributed by atoms with Gasteiger partial charge >= 0.3 is 0 Å². The zero-order valence-electron chi connectivity index (χ0n) is 12.5. The highest BCUT2D eigenvalue weighted by Crippen LogP contribution is 2.30. The van der Waals surface area contributed by atoms with Gasteiger partial charge in [0.25, 0.3) is 0 Å². The van der Waals surface area contributed by atoms with Gasteiger partial charge in [0.2, 0.25) is 0 Å². The molecule has 10 heteroatoms. The Morgan fingerprint density at radius 3 is 1.96 bits per heavy atom. The number of hydrogen-bond donors (Lipinski definition) is 7. The van der Waals surface area contributed by atoms with Gasteiger partial charge in [-0.3, -0.25) is 0 Å². The van der Waals surface area contributed by atoms with E-state index in [1.807, 2.05) is 0 Å². The summed E-state index contributed by atoms with van der Waals surface area (Å²) in [6.45, 7) is 0.412. The van der Waals surface area contributed by atoms with Crippen LogP contribution in [0.25, 0.3) is 0 Å². The van der Waals surface area contributed by atoms with Crippen molar-refractivity contribution in [2.24, 2.45) is 5.92 Å². The van der Waals surface area contributed by atoms with Crippen molar-refractivity contribution in [1.82, 2.24) is 0 Å². The largest absolute Gasteiger partial charge is 0.394 e. The van der Waals surface area contributed by atoms with E-state index in [1.165, 1.54) is 6.92 Å². The Bertz CT molecular complexity index is 378. The maximum absolute atomic E-state index is 10.1. The highest BCUT2D eigenvalue weighted by atomic mass is 16.7. The van der Waals surface area contributed by atoms with Gasteiger partial charge in [-0.2, -0.15) is 0 Å². The normalized spacial score (nSPS) is 51.7. The summed E-state index contributed by atoms with van der Waals surface area (Å²) in [5, 5.41) is 67.6. The minimum Gasteiger partial charge on any atom is -0.394 e. The zero-order valence-corrected chi connectivity index (χ0v) is 12.5.